The van der Waals surface area contributed by atoms with E-state index in [1.807, 2.05) is 12.3 Å². The van der Waals surface area contributed by atoms with Gasteiger partial charge >= 0.3 is 6.18 Å². The van der Waals surface area contributed by atoms with Gasteiger partial charge in [0.25, 0.3) is 0 Å². The molecule has 0 amide bonds. The molecule has 2 aliphatic rings. The van der Waals surface area contributed by atoms with Crippen molar-refractivity contribution in [2.24, 2.45) is 0 Å². The lowest BCUT2D eigenvalue weighted by Crippen LogP contribution is -2.47. The van der Waals surface area contributed by atoms with Crippen LogP contribution in [0, 0.1) is 0 Å². The lowest BCUT2D eigenvalue weighted by atomic mass is 9.68. The summed E-state index contributed by atoms with van der Waals surface area (Å²) in [7, 11) is 0. The SMILES string of the molecule is FC(F)(F)c1cccc(CCNCCC2(c3ccccn3)CCOC3(CCCC3)C2)c1. The predicted octanol–water partition coefficient (Wildman–Crippen LogP) is 5.68. The van der Waals surface area contributed by atoms with Gasteiger partial charge in [-0.1, -0.05) is 37.1 Å². The summed E-state index contributed by atoms with van der Waals surface area (Å²) in [5, 5.41) is 3.46. The molecule has 1 aromatic carbocycles. The molecule has 3 nitrogen and oxygen atoms in total. The van der Waals surface area contributed by atoms with Crippen molar-refractivity contribution >= 4 is 0 Å². The first-order valence-corrected chi connectivity index (χ1v) is 11.3. The van der Waals surface area contributed by atoms with Crippen molar-refractivity contribution in [3.63, 3.8) is 0 Å². The molecule has 1 N–H and O–H groups in total. The van der Waals surface area contributed by atoms with Crippen LogP contribution >= 0.6 is 0 Å². The highest BCUT2D eigenvalue weighted by Crippen LogP contribution is 2.49. The van der Waals surface area contributed by atoms with E-state index in [4.69, 9.17) is 9.72 Å². The zero-order valence-electron chi connectivity index (χ0n) is 17.9. The van der Waals surface area contributed by atoms with Crippen LogP contribution in [0.4, 0.5) is 13.2 Å². The van der Waals surface area contributed by atoms with Crippen LogP contribution in [-0.2, 0) is 22.7 Å². The van der Waals surface area contributed by atoms with Gasteiger partial charge in [0.05, 0.1) is 11.2 Å². The highest BCUT2D eigenvalue weighted by molar-refractivity contribution is 5.26. The van der Waals surface area contributed by atoms with Gasteiger partial charge < -0.3 is 10.1 Å². The van der Waals surface area contributed by atoms with Crippen molar-refractivity contribution in [2.75, 3.05) is 19.7 Å². The Kier molecular flexibility index (Phi) is 6.68. The van der Waals surface area contributed by atoms with Gasteiger partial charge in [0.15, 0.2) is 0 Å². The maximum atomic E-state index is 12.9. The molecule has 1 atom stereocenters. The molecule has 1 unspecified atom stereocenters. The first-order chi connectivity index (χ1) is 14.9. The molecule has 1 aliphatic heterocycles. The normalized spacial score (nSPS) is 23.3. The van der Waals surface area contributed by atoms with E-state index in [0.717, 1.165) is 57.0 Å². The minimum absolute atomic E-state index is 0.00615. The maximum absolute atomic E-state index is 12.9. The number of ether oxygens (including phenoxy) is 1. The van der Waals surface area contributed by atoms with Gasteiger partial charge in [-0.3, -0.25) is 4.98 Å². The molecule has 6 heteroatoms. The molecule has 2 aromatic rings. The Bertz CT molecular complexity index is 849. The van der Waals surface area contributed by atoms with Crippen LogP contribution in [0.1, 0.15) is 61.8 Å². The number of hydrogen-bond donors (Lipinski definition) is 1. The Balaban J connectivity index is 1.37. The zero-order chi connectivity index (χ0) is 21.8. The lowest BCUT2D eigenvalue weighted by molar-refractivity contribution is -0.137. The number of hydrogen-bond acceptors (Lipinski definition) is 3. The fraction of sp³-hybridized carbons (Fsp3) is 0.560. The molecule has 1 aromatic heterocycles. The van der Waals surface area contributed by atoms with Gasteiger partial charge in [-0.05, 0) is 75.4 Å². The van der Waals surface area contributed by atoms with Crippen LogP contribution in [0.5, 0.6) is 0 Å². The highest BCUT2D eigenvalue weighted by atomic mass is 19.4. The van der Waals surface area contributed by atoms with Crippen LogP contribution in [-0.4, -0.2) is 30.3 Å². The van der Waals surface area contributed by atoms with Crippen molar-refractivity contribution < 1.29 is 17.9 Å². The molecule has 2 heterocycles. The van der Waals surface area contributed by atoms with E-state index in [1.54, 1.807) is 6.07 Å². The van der Waals surface area contributed by atoms with Gasteiger partial charge in [-0.2, -0.15) is 13.2 Å². The Morgan fingerprint density at radius 3 is 2.58 bits per heavy atom. The topological polar surface area (TPSA) is 34.2 Å². The van der Waals surface area contributed by atoms with Crippen molar-refractivity contribution in [2.45, 2.75) is 68.6 Å². The molecule has 4 rings (SSSR count). The average Bonchev–Trinajstić information content (AvgIpc) is 3.21. The van der Waals surface area contributed by atoms with Crippen LogP contribution in [0.2, 0.25) is 0 Å². The van der Waals surface area contributed by atoms with E-state index in [9.17, 15) is 13.2 Å². The van der Waals surface area contributed by atoms with E-state index >= 15 is 0 Å². The smallest absolute Gasteiger partial charge is 0.375 e. The minimum atomic E-state index is -4.29. The van der Waals surface area contributed by atoms with Crippen LogP contribution < -0.4 is 5.32 Å². The summed E-state index contributed by atoms with van der Waals surface area (Å²) in [6, 6.07) is 11.8. The maximum Gasteiger partial charge on any atom is 0.416 e. The summed E-state index contributed by atoms with van der Waals surface area (Å²) >= 11 is 0. The molecular formula is C25H31F3N2O. The number of pyridine rings is 1. The number of nitrogens with zero attached hydrogens (tertiary/aromatic N) is 1. The number of nitrogens with one attached hydrogen (secondary N) is 1. The lowest BCUT2D eigenvalue weighted by Gasteiger charge is -2.46. The fourth-order valence-corrected chi connectivity index (χ4v) is 5.38. The standard InChI is InChI=1S/C25H31F3N2O/c26-25(27,28)21-7-5-6-20(18-21)9-15-29-16-12-23(22-8-1-4-14-30-22)13-17-31-24(19-23)10-2-3-11-24/h1,4-8,14,18,29H,2-3,9-13,15-17,19H2. The van der Waals surface area contributed by atoms with E-state index in [1.165, 1.54) is 25.0 Å². The Morgan fingerprint density at radius 1 is 1.00 bits per heavy atom. The summed E-state index contributed by atoms with van der Waals surface area (Å²) in [5.41, 5.74) is 1.26. The van der Waals surface area contributed by atoms with Gasteiger partial charge in [-0.15, -0.1) is 0 Å². The van der Waals surface area contributed by atoms with Crippen molar-refractivity contribution in [1.29, 1.82) is 0 Å². The molecule has 1 saturated heterocycles. The first-order valence-electron chi connectivity index (χ1n) is 11.3. The van der Waals surface area contributed by atoms with Gasteiger partial charge in [0.1, 0.15) is 0 Å². The number of benzene rings is 1. The van der Waals surface area contributed by atoms with Crippen molar-refractivity contribution in [1.82, 2.24) is 10.3 Å². The van der Waals surface area contributed by atoms with Crippen LogP contribution in [0.25, 0.3) is 0 Å². The second kappa shape index (κ2) is 9.29. The summed E-state index contributed by atoms with van der Waals surface area (Å²) in [6.07, 6.45) is 5.79. The molecule has 1 spiro atoms. The van der Waals surface area contributed by atoms with Crippen LogP contribution in [0.3, 0.4) is 0 Å². The molecule has 1 aliphatic carbocycles. The number of rotatable bonds is 7. The van der Waals surface area contributed by atoms with E-state index < -0.39 is 11.7 Å². The second-order valence-electron chi connectivity index (χ2n) is 9.11. The second-order valence-corrected chi connectivity index (χ2v) is 9.11. The molecule has 0 bridgehead atoms. The van der Waals surface area contributed by atoms with Crippen molar-refractivity contribution in [3.05, 3.63) is 65.5 Å². The summed E-state index contributed by atoms with van der Waals surface area (Å²) in [6.45, 7) is 2.23. The third-order valence-electron chi connectivity index (χ3n) is 7.00. The van der Waals surface area contributed by atoms with Crippen LogP contribution in [0.15, 0.2) is 48.7 Å². The largest absolute Gasteiger partial charge is 0.416 e. The summed E-state index contributed by atoms with van der Waals surface area (Å²) in [5.74, 6) is 0. The van der Waals surface area contributed by atoms with E-state index in [0.29, 0.717) is 18.5 Å². The highest BCUT2D eigenvalue weighted by Gasteiger charge is 2.48. The van der Waals surface area contributed by atoms with Gasteiger partial charge in [0.2, 0.25) is 0 Å². The van der Waals surface area contributed by atoms with E-state index in [-0.39, 0.29) is 11.0 Å². The number of aromatic nitrogens is 1. The van der Waals surface area contributed by atoms with Crippen molar-refractivity contribution in [3.8, 4) is 0 Å². The third-order valence-corrected chi connectivity index (χ3v) is 7.00. The third kappa shape index (κ3) is 5.29. The van der Waals surface area contributed by atoms with Gasteiger partial charge in [0, 0.05) is 23.9 Å². The predicted molar refractivity (Wildman–Crippen MR) is 115 cm³/mol. The molecule has 0 radical (unpaired) electrons. The Hall–Kier alpha value is -1.92. The molecule has 168 valence electrons. The number of halogens is 3. The Labute approximate surface area is 182 Å². The van der Waals surface area contributed by atoms with E-state index in [2.05, 4.69) is 17.4 Å². The summed E-state index contributed by atoms with van der Waals surface area (Å²) < 4.78 is 45.0. The molecule has 1 saturated carbocycles. The zero-order valence-corrected chi connectivity index (χ0v) is 17.9. The quantitative estimate of drug-likeness (QED) is 0.571. The minimum Gasteiger partial charge on any atom is -0.375 e. The first kappa shape index (κ1) is 22.3. The van der Waals surface area contributed by atoms with Gasteiger partial charge in [-0.25, -0.2) is 0 Å². The molecule has 2 fully saturated rings. The number of alkyl halides is 3. The fourth-order valence-electron chi connectivity index (χ4n) is 5.38. The average molecular weight is 433 g/mol. The Morgan fingerprint density at radius 2 is 1.84 bits per heavy atom. The monoisotopic (exact) mass is 432 g/mol. The molecule has 31 heavy (non-hydrogen) atoms. The summed E-state index contributed by atoms with van der Waals surface area (Å²) in [4.78, 5) is 4.72. The molecular weight excluding hydrogens is 401 g/mol.